The predicted octanol–water partition coefficient (Wildman–Crippen LogP) is 2.96. The number of aromatic nitrogens is 1. The van der Waals surface area contributed by atoms with E-state index >= 15 is 0 Å². The van der Waals surface area contributed by atoms with E-state index in [9.17, 15) is 13.2 Å². The van der Waals surface area contributed by atoms with Gasteiger partial charge >= 0.3 is 0 Å². The molecule has 35 heavy (non-hydrogen) atoms. The summed E-state index contributed by atoms with van der Waals surface area (Å²) in [5, 5.41) is 0.583. The van der Waals surface area contributed by atoms with Gasteiger partial charge in [0.25, 0.3) is 5.91 Å². The first-order chi connectivity index (χ1) is 16.3. The Balaban J connectivity index is 0.00000342. The summed E-state index contributed by atoms with van der Waals surface area (Å²) in [5.41, 5.74) is 1.16. The molecule has 0 radical (unpaired) electrons. The molecule has 1 fully saturated rings. The van der Waals surface area contributed by atoms with Crippen molar-refractivity contribution in [1.82, 2.24) is 14.2 Å². The van der Waals surface area contributed by atoms with Crippen LogP contribution in [0, 0.1) is 0 Å². The topological polar surface area (TPSA) is 92.3 Å². The fraction of sp³-hybridized carbons (Fsp3) is 0.391. The van der Waals surface area contributed by atoms with Crippen molar-refractivity contribution < 1.29 is 22.7 Å². The van der Waals surface area contributed by atoms with E-state index in [-0.39, 0.29) is 23.2 Å². The molecule has 2 heterocycles. The van der Waals surface area contributed by atoms with Crippen LogP contribution in [0.15, 0.2) is 47.4 Å². The van der Waals surface area contributed by atoms with Crippen molar-refractivity contribution in [2.24, 2.45) is 0 Å². The first-order valence-electron chi connectivity index (χ1n) is 10.9. The summed E-state index contributed by atoms with van der Waals surface area (Å²) in [4.78, 5) is 22.0. The average molecular weight is 541 g/mol. The number of morpholine rings is 1. The molecular weight excluding hydrogens is 512 g/mol. The average Bonchev–Trinajstić information content (AvgIpc) is 3.27. The second-order valence-electron chi connectivity index (χ2n) is 8.13. The summed E-state index contributed by atoms with van der Waals surface area (Å²) in [6, 6.07) is 11.7. The van der Waals surface area contributed by atoms with Crippen LogP contribution in [-0.2, 0) is 14.8 Å². The van der Waals surface area contributed by atoms with Crippen LogP contribution in [0.5, 0.6) is 5.75 Å². The van der Waals surface area contributed by atoms with Gasteiger partial charge in [0.15, 0.2) is 5.13 Å². The normalized spacial score (nSPS) is 14.6. The SMILES string of the molecule is COc1ccc2sc(N(CCN(C)C)C(=O)c3ccc(S(=O)(=O)N4CCOCC4)cc3)nc2c1.Cl. The molecule has 0 unspecified atom stereocenters. The Kier molecular flexibility index (Phi) is 9.08. The van der Waals surface area contributed by atoms with E-state index in [0.717, 1.165) is 10.2 Å². The Bertz CT molecular complexity index is 1260. The number of fused-ring (bicyclic) bond motifs is 1. The highest BCUT2D eigenvalue weighted by Gasteiger charge is 2.27. The largest absolute Gasteiger partial charge is 0.497 e. The Morgan fingerprint density at radius 1 is 1.11 bits per heavy atom. The molecule has 1 aliphatic rings. The molecule has 9 nitrogen and oxygen atoms in total. The lowest BCUT2D eigenvalue weighted by atomic mass is 10.2. The van der Waals surface area contributed by atoms with Gasteiger partial charge in [-0.1, -0.05) is 11.3 Å². The molecule has 1 aromatic heterocycles. The molecule has 0 atom stereocenters. The lowest BCUT2D eigenvalue weighted by Crippen LogP contribution is -2.40. The standard InChI is InChI=1S/C23H28N4O5S2.ClH/c1-25(2)10-11-27(23-24-20-16-18(31-3)6-9-21(20)33-23)22(28)17-4-7-19(8-5-17)34(29,30)26-12-14-32-15-13-26;/h4-9,16H,10-15H2,1-3H3;1H. The second kappa shape index (κ2) is 11.6. The Hall–Kier alpha value is -2.28. The summed E-state index contributed by atoms with van der Waals surface area (Å²) in [6.45, 7) is 2.49. The molecule has 190 valence electrons. The maximum Gasteiger partial charge on any atom is 0.260 e. The van der Waals surface area contributed by atoms with Crippen molar-refractivity contribution in [3.8, 4) is 5.75 Å². The molecule has 2 aromatic carbocycles. The van der Waals surface area contributed by atoms with Crippen LogP contribution in [0.1, 0.15) is 10.4 Å². The van der Waals surface area contributed by atoms with Crippen LogP contribution in [-0.4, -0.2) is 89.1 Å². The summed E-state index contributed by atoms with van der Waals surface area (Å²) < 4.78 is 38.7. The highest BCUT2D eigenvalue weighted by atomic mass is 35.5. The number of carbonyl (C=O) groups excluding carboxylic acids is 1. The third-order valence-corrected chi connectivity index (χ3v) is 8.51. The second-order valence-corrected chi connectivity index (χ2v) is 11.1. The number of rotatable bonds is 8. The zero-order valence-electron chi connectivity index (χ0n) is 19.8. The molecule has 4 rings (SSSR count). The molecule has 0 bridgehead atoms. The third-order valence-electron chi connectivity index (χ3n) is 5.54. The number of anilines is 1. The predicted molar refractivity (Wildman–Crippen MR) is 140 cm³/mol. The molecule has 1 saturated heterocycles. The minimum Gasteiger partial charge on any atom is -0.497 e. The first kappa shape index (κ1) is 27.3. The van der Waals surface area contributed by atoms with Crippen molar-refractivity contribution >= 4 is 55.0 Å². The first-order valence-corrected chi connectivity index (χ1v) is 13.1. The summed E-state index contributed by atoms with van der Waals surface area (Å²) in [5.74, 6) is 0.468. The minimum absolute atomic E-state index is 0. The van der Waals surface area contributed by atoms with E-state index in [4.69, 9.17) is 9.47 Å². The van der Waals surface area contributed by atoms with Crippen molar-refractivity contribution in [3.63, 3.8) is 0 Å². The smallest absolute Gasteiger partial charge is 0.260 e. The Morgan fingerprint density at radius 2 is 1.80 bits per heavy atom. The molecule has 1 amide bonds. The monoisotopic (exact) mass is 540 g/mol. The Labute approximate surface area is 215 Å². The van der Waals surface area contributed by atoms with E-state index in [1.807, 2.05) is 37.2 Å². The minimum atomic E-state index is -3.62. The van der Waals surface area contributed by atoms with Crippen LogP contribution in [0.25, 0.3) is 10.2 Å². The van der Waals surface area contributed by atoms with Gasteiger partial charge < -0.3 is 14.4 Å². The molecule has 0 N–H and O–H groups in total. The summed E-state index contributed by atoms with van der Waals surface area (Å²) in [6.07, 6.45) is 0. The molecule has 0 saturated carbocycles. The van der Waals surface area contributed by atoms with E-state index in [2.05, 4.69) is 4.98 Å². The van der Waals surface area contributed by atoms with Gasteiger partial charge in [-0.2, -0.15) is 4.31 Å². The molecule has 0 spiro atoms. The maximum atomic E-state index is 13.5. The number of likely N-dealkylation sites (N-methyl/N-ethyl adjacent to an activating group) is 1. The van der Waals surface area contributed by atoms with Gasteiger partial charge in [-0.25, -0.2) is 13.4 Å². The van der Waals surface area contributed by atoms with E-state index in [1.54, 1.807) is 24.1 Å². The van der Waals surface area contributed by atoms with Gasteiger partial charge in [-0.15, -0.1) is 12.4 Å². The summed E-state index contributed by atoms with van der Waals surface area (Å²) >= 11 is 1.43. The van der Waals surface area contributed by atoms with E-state index in [0.29, 0.717) is 55.8 Å². The van der Waals surface area contributed by atoms with Crippen LogP contribution in [0.4, 0.5) is 5.13 Å². The van der Waals surface area contributed by atoms with E-state index < -0.39 is 10.0 Å². The zero-order valence-corrected chi connectivity index (χ0v) is 22.3. The number of hydrogen-bond donors (Lipinski definition) is 0. The number of amides is 1. The number of sulfonamides is 1. The highest BCUT2D eigenvalue weighted by molar-refractivity contribution is 7.89. The number of nitrogens with zero attached hydrogens (tertiary/aromatic N) is 4. The van der Waals surface area contributed by atoms with E-state index in [1.165, 1.54) is 27.8 Å². The number of carbonyl (C=O) groups is 1. The van der Waals surface area contributed by atoms with Crippen LogP contribution in [0.2, 0.25) is 0 Å². The van der Waals surface area contributed by atoms with Crippen LogP contribution >= 0.6 is 23.7 Å². The van der Waals surface area contributed by atoms with Crippen molar-refractivity contribution in [3.05, 3.63) is 48.0 Å². The molecule has 3 aromatic rings. The molecular formula is C23H29ClN4O5S2. The number of halogens is 1. The number of thiazole rings is 1. The third kappa shape index (κ3) is 6.11. The van der Waals surface area contributed by atoms with Crippen molar-refractivity contribution in [1.29, 1.82) is 0 Å². The fourth-order valence-electron chi connectivity index (χ4n) is 3.58. The zero-order chi connectivity index (χ0) is 24.3. The van der Waals surface area contributed by atoms with Gasteiger partial charge in [0.2, 0.25) is 10.0 Å². The number of methoxy groups -OCH3 is 1. The van der Waals surface area contributed by atoms with Gasteiger partial charge in [0.05, 0.1) is 35.4 Å². The Morgan fingerprint density at radius 3 is 2.43 bits per heavy atom. The van der Waals surface area contributed by atoms with Crippen LogP contribution in [0.3, 0.4) is 0 Å². The van der Waals surface area contributed by atoms with Gasteiger partial charge in [0, 0.05) is 37.8 Å². The summed E-state index contributed by atoms with van der Waals surface area (Å²) in [7, 11) is 1.86. The molecule has 1 aliphatic heterocycles. The lowest BCUT2D eigenvalue weighted by molar-refractivity contribution is 0.0730. The number of hydrogen-bond acceptors (Lipinski definition) is 8. The van der Waals surface area contributed by atoms with Gasteiger partial charge in [0.1, 0.15) is 5.75 Å². The van der Waals surface area contributed by atoms with Crippen molar-refractivity contribution in [2.45, 2.75) is 4.90 Å². The maximum absolute atomic E-state index is 13.5. The molecule has 0 aliphatic carbocycles. The lowest BCUT2D eigenvalue weighted by Gasteiger charge is -2.26. The fourth-order valence-corrected chi connectivity index (χ4v) is 5.96. The van der Waals surface area contributed by atoms with Gasteiger partial charge in [-0.05, 0) is 50.5 Å². The number of benzene rings is 2. The van der Waals surface area contributed by atoms with Crippen molar-refractivity contribution in [2.75, 3.05) is 65.5 Å². The number of ether oxygens (including phenoxy) is 2. The quantitative estimate of drug-likeness (QED) is 0.434. The molecule has 12 heteroatoms. The highest BCUT2D eigenvalue weighted by Crippen LogP contribution is 2.32. The van der Waals surface area contributed by atoms with Crippen LogP contribution < -0.4 is 9.64 Å². The van der Waals surface area contributed by atoms with Gasteiger partial charge in [-0.3, -0.25) is 9.69 Å².